The number of piperidine rings is 1. The van der Waals surface area contributed by atoms with Crippen molar-refractivity contribution >= 4 is 39.3 Å². The van der Waals surface area contributed by atoms with Gasteiger partial charge >= 0.3 is 0 Å². The van der Waals surface area contributed by atoms with Crippen molar-refractivity contribution in [1.29, 1.82) is 5.26 Å². The van der Waals surface area contributed by atoms with E-state index in [1.54, 1.807) is 18.3 Å². The van der Waals surface area contributed by atoms with Crippen LogP contribution < -0.4 is 10.6 Å². The second kappa shape index (κ2) is 8.10. The maximum absolute atomic E-state index is 11.5. The first-order valence-corrected chi connectivity index (χ1v) is 10.7. The van der Waals surface area contributed by atoms with Gasteiger partial charge in [-0.15, -0.1) is 11.3 Å². The number of carbonyl (C=O) groups excluding carboxylic acids is 1. The molecule has 1 aliphatic heterocycles. The molecule has 1 aromatic heterocycles. The molecule has 0 bridgehead atoms. The fourth-order valence-electron chi connectivity index (χ4n) is 3.88. The molecule has 0 atom stereocenters. The number of allylic oxidation sites excluding steroid dienone is 1. The Balaban J connectivity index is 1.64. The highest BCUT2D eigenvalue weighted by Gasteiger charge is 2.14. The molecule has 2 heterocycles. The number of fused-ring (bicyclic) bond motifs is 1. The summed E-state index contributed by atoms with van der Waals surface area (Å²) in [5.41, 5.74) is 8.39. The molecule has 29 heavy (non-hydrogen) atoms. The van der Waals surface area contributed by atoms with Crippen LogP contribution in [-0.4, -0.2) is 19.0 Å². The summed E-state index contributed by atoms with van der Waals surface area (Å²) in [6, 6.07) is 19.1. The van der Waals surface area contributed by atoms with Crippen LogP contribution in [0.1, 0.15) is 31.1 Å². The van der Waals surface area contributed by atoms with E-state index < -0.39 is 5.91 Å². The van der Waals surface area contributed by atoms with Gasteiger partial charge in [-0.2, -0.15) is 5.26 Å². The van der Waals surface area contributed by atoms with Gasteiger partial charge in [0.15, 0.2) is 0 Å². The van der Waals surface area contributed by atoms with Crippen LogP contribution in [0, 0.1) is 11.3 Å². The number of primary amides is 1. The molecule has 2 aromatic carbocycles. The molecule has 4 rings (SSSR count). The highest BCUT2D eigenvalue weighted by molar-refractivity contribution is 7.16. The standard InChI is InChI=1S/C24H23N3OS/c1-16(21(15-25)24(26)28)22-9-10-23(29-22)19-6-5-18-14-20(8-7-17(18)13-19)27-11-3-2-4-12-27/h5-10,13-14H,2-4,11-12H2,1H3,(H2,26,28)/b21-16+. The normalized spacial score (nSPS) is 15.1. The van der Waals surface area contributed by atoms with Crippen LogP contribution >= 0.6 is 11.3 Å². The van der Waals surface area contributed by atoms with E-state index in [4.69, 9.17) is 5.73 Å². The van der Waals surface area contributed by atoms with Gasteiger partial charge in [-0.3, -0.25) is 4.79 Å². The molecule has 2 N–H and O–H groups in total. The van der Waals surface area contributed by atoms with Crippen LogP contribution in [0.3, 0.4) is 0 Å². The molecule has 1 saturated heterocycles. The Labute approximate surface area is 174 Å². The number of nitriles is 1. The number of amides is 1. The average Bonchev–Trinajstić information content (AvgIpc) is 3.24. The van der Waals surface area contributed by atoms with Crippen molar-refractivity contribution < 1.29 is 4.79 Å². The first-order valence-electron chi connectivity index (χ1n) is 9.87. The molecule has 3 aromatic rings. The Bertz CT molecular complexity index is 1150. The summed E-state index contributed by atoms with van der Waals surface area (Å²) in [7, 11) is 0. The Morgan fingerprint density at radius 2 is 1.76 bits per heavy atom. The monoisotopic (exact) mass is 401 g/mol. The maximum Gasteiger partial charge on any atom is 0.259 e. The summed E-state index contributed by atoms with van der Waals surface area (Å²) < 4.78 is 0. The fraction of sp³-hybridized carbons (Fsp3) is 0.250. The lowest BCUT2D eigenvalue weighted by Gasteiger charge is -2.29. The van der Waals surface area contributed by atoms with Gasteiger partial charge in [0.2, 0.25) is 0 Å². The maximum atomic E-state index is 11.5. The number of rotatable bonds is 4. The minimum atomic E-state index is -0.685. The number of thiophene rings is 1. The van der Waals surface area contributed by atoms with E-state index in [0.717, 1.165) is 28.4 Å². The van der Waals surface area contributed by atoms with Crippen molar-refractivity contribution in [2.75, 3.05) is 18.0 Å². The lowest BCUT2D eigenvalue weighted by molar-refractivity contribution is -0.114. The number of hydrogen-bond acceptors (Lipinski definition) is 4. The summed E-state index contributed by atoms with van der Waals surface area (Å²) in [4.78, 5) is 15.9. The van der Waals surface area contributed by atoms with Crippen molar-refractivity contribution in [3.63, 3.8) is 0 Å². The molecule has 0 aliphatic carbocycles. The minimum absolute atomic E-state index is 0.0159. The summed E-state index contributed by atoms with van der Waals surface area (Å²) in [5, 5.41) is 11.6. The van der Waals surface area contributed by atoms with Crippen LogP contribution in [0.2, 0.25) is 0 Å². The number of anilines is 1. The number of benzene rings is 2. The first-order chi connectivity index (χ1) is 14.1. The third-order valence-electron chi connectivity index (χ3n) is 5.54. The van der Waals surface area contributed by atoms with Gasteiger partial charge in [0.05, 0.1) is 0 Å². The Kier molecular flexibility index (Phi) is 5.37. The summed E-state index contributed by atoms with van der Waals surface area (Å²) in [6.45, 7) is 4.05. The predicted molar refractivity (Wildman–Crippen MR) is 121 cm³/mol. The third-order valence-corrected chi connectivity index (χ3v) is 6.79. The van der Waals surface area contributed by atoms with Crippen LogP contribution in [0.15, 0.2) is 54.1 Å². The smallest absolute Gasteiger partial charge is 0.259 e. The van der Waals surface area contributed by atoms with E-state index in [1.165, 1.54) is 35.7 Å². The van der Waals surface area contributed by atoms with Crippen LogP contribution in [0.25, 0.3) is 26.8 Å². The van der Waals surface area contributed by atoms with Crippen molar-refractivity contribution in [2.24, 2.45) is 5.73 Å². The zero-order chi connectivity index (χ0) is 20.4. The third kappa shape index (κ3) is 3.90. The van der Waals surface area contributed by atoms with E-state index in [0.29, 0.717) is 5.57 Å². The van der Waals surface area contributed by atoms with Gasteiger partial charge in [0, 0.05) is 28.5 Å². The van der Waals surface area contributed by atoms with Gasteiger partial charge in [-0.1, -0.05) is 18.2 Å². The average molecular weight is 402 g/mol. The van der Waals surface area contributed by atoms with E-state index in [2.05, 4.69) is 41.3 Å². The number of carbonyl (C=O) groups is 1. The quantitative estimate of drug-likeness (QED) is 0.474. The first kappa shape index (κ1) is 19.2. The van der Waals surface area contributed by atoms with Crippen LogP contribution in [0.5, 0.6) is 0 Å². The molecule has 4 nitrogen and oxygen atoms in total. The van der Waals surface area contributed by atoms with Crippen molar-refractivity contribution in [3.05, 3.63) is 59.0 Å². The molecule has 1 fully saturated rings. The molecular formula is C24H23N3OS. The zero-order valence-corrected chi connectivity index (χ0v) is 17.3. The number of hydrogen-bond donors (Lipinski definition) is 1. The second-order valence-corrected chi connectivity index (χ2v) is 8.52. The lowest BCUT2D eigenvalue weighted by Crippen LogP contribution is -2.29. The summed E-state index contributed by atoms with van der Waals surface area (Å²) in [6.07, 6.45) is 3.88. The summed E-state index contributed by atoms with van der Waals surface area (Å²) in [5.74, 6) is -0.685. The second-order valence-electron chi connectivity index (χ2n) is 7.43. The SMILES string of the molecule is C/C(=C(/C#N)C(N)=O)c1ccc(-c2ccc3cc(N4CCCCC4)ccc3c2)s1. The van der Waals surface area contributed by atoms with E-state index in [-0.39, 0.29) is 5.57 Å². The lowest BCUT2D eigenvalue weighted by atomic mass is 10.0. The minimum Gasteiger partial charge on any atom is -0.372 e. The molecule has 0 spiro atoms. The predicted octanol–water partition coefficient (Wildman–Crippen LogP) is 5.34. The summed E-state index contributed by atoms with van der Waals surface area (Å²) >= 11 is 1.56. The van der Waals surface area contributed by atoms with Crippen molar-refractivity contribution in [1.82, 2.24) is 0 Å². The topological polar surface area (TPSA) is 70.1 Å². The zero-order valence-electron chi connectivity index (χ0n) is 16.4. The fourth-order valence-corrected chi connectivity index (χ4v) is 4.89. The van der Waals surface area contributed by atoms with Gasteiger partial charge in [-0.05, 0) is 78.4 Å². The molecule has 1 aliphatic rings. The molecule has 146 valence electrons. The number of nitrogens with two attached hydrogens (primary N) is 1. The van der Waals surface area contributed by atoms with Gasteiger partial charge in [0.1, 0.15) is 11.6 Å². The van der Waals surface area contributed by atoms with E-state index in [9.17, 15) is 10.1 Å². The molecule has 0 radical (unpaired) electrons. The van der Waals surface area contributed by atoms with Crippen molar-refractivity contribution in [2.45, 2.75) is 26.2 Å². The Morgan fingerprint density at radius 3 is 2.48 bits per heavy atom. The Hall–Kier alpha value is -3.10. The van der Waals surface area contributed by atoms with Crippen molar-refractivity contribution in [3.8, 4) is 16.5 Å². The van der Waals surface area contributed by atoms with Gasteiger partial charge < -0.3 is 10.6 Å². The van der Waals surface area contributed by atoms with Gasteiger partial charge in [0.25, 0.3) is 5.91 Å². The molecular weight excluding hydrogens is 378 g/mol. The Morgan fingerprint density at radius 1 is 1.03 bits per heavy atom. The highest BCUT2D eigenvalue weighted by atomic mass is 32.1. The van der Waals surface area contributed by atoms with Crippen LogP contribution in [0.4, 0.5) is 5.69 Å². The van der Waals surface area contributed by atoms with E-state index in [1.807, 2.05) is 18.2 Å². The number of nitrogens with zero attached hydrogens (tertiary/aromatic N) is 2. The van der Waals surface area contributed by atoms with Crippen LogP contribution in [-0.2, 0) is 4.79 Å². The van der Waals surface area contributed by atoms with Gasteiger partial charge in [-0.25, -0.2) is 0 Å². The molecule has 0 saturated carbocycles. The molecule has 0 unspecified atom stereocenters. The highest BCUT2D eigenvalue weighted by Crippen LogP contribution is 2.35. The molecule has 1 amide bonds. The van der Waals surface area contributed by atoms with E-state index >= 15 is 0 Å². The largest absolute Gasteiger partial charge is 0.372 e. The molecule has 5 heteroatoms.